The fourth-order valence-electron chi connectivity index (χ4n) is 3.43. The summed E-state index contributed by atoms with van der Waals surface area (Å²) in [6.07, 6.45) is 1.42. The average Bonchev–Trinajstić information content (AvgIpc) is 2.70. The van der Waals surface area contributed by atoms with Gasteiger partial charge in [-0.3, -0.25) is 9.59 Å². The fraction of sp³-hybridized carbons (Fsp3) is 0.429. The first-order valence-corrected chi connectivity index (χ1v) is 9.35. The van der Waals surface area contributed by atoms with Gasteiger partial charge in [0.15, 0.2) is 0 Å². The molecule has 27 heavy (non-hydrogen) atoms. The number of nitrogens with one attached hydrogen (secondary N) is 1. The van der Waals surface area contributed by atoms with Crippen LogP contribution in [0.4, 0.5) is 0 Å². The van der Waals surface area contributed by atoms with Crippen LogP contribution in [0.25, 0.3) is 10.8 Å². The Kier molecular flexibility index (Phi) is 7.63. The van der Waals surface area contributed by atoms with Crippen LogP contribution < -0.4 is 11.1 Å². The van der Waals surface area contributed by atoms with Gasteiger partial charge in [0, 0.05) is 31.1 Å². The third-order valence-electron chi connectivity index (χ3n) is 5.20. The Labute approximate surface area is 166 Å². The molecule has 2 amide bonds. The summed E-state index contributed by atoms with van der Waals surface area (Å²) in [5, 5.41) is 5.03. The lowest BCUT2D eigenvalue weighted by Crippen LogP contribution is -2.44. The Morgan fingerprint density at radius 3 is 2.52 bits per heavy atom. The first-order chi connectivity index (χ1) is 12.6. The summed E-state index contributed by atoms with van der Waals surface area (Å²) in [5.74, 6) is 0.406. The van der Waals surface area contributed by atoms with Crippen LogP contribution in [0.3, 0.4) is 0 Å². The molecule has 0 spiro atoms. The van der Waals surface area contributed by atoms with E-state index in [9.17, 15) is 9.59 Å². The smallest absolute Gasteiger partial charge is 0.254 e. The molecule has 1 unspecified atom stereocenters. The maximum absolute atomic E-state index is 13.0. The van der Waals surface area contributed by atoms with Gasteiger partial charge in [-0.25, -0.2) is 0 Å². The number of piperidine rings is 1. The van der Waals surface area contributed by atoms with E-state index in [0.29, 0.717) is 39.0 Å². The molecule has 6 heteroatoms. The number of nitrogens with zero attached hydrogens (tertiary/aromatic N) is 1. The number of amides is 2. The first kappa shape index (κ1) is 21.2. The Morgan fingerprint density at radius 2 is 1.81 bits per heavy atom. The van der Waals surface area contributed by atoms with Crippen molar-refractivity contribution in [2.24, 2.45) is 17.6 Å². The quantitative estimate of drug-likeness (QED) is 0.825. The van der Waals surface area contributed by atoms with Crippen molar-refractivity contribution in [3.63, 3.8) is 0 Å². The molecule has 2 aromatic carbocycles. The summed E-state index contributed by atoms with van der Waals surface area (Å²) in [5.41, 5.74) is 6.33. The Balaban J connectivity index is 0.00000261. The van der Waals surface area contributed by atoms with Crippen molar-refractivity contribution in [1.29, 1.82) is 0 Å². The number of rotatable bonds is 5. The lowest BCUT2D eigenvalue weighted by molar-refractivity contribution is -0.126. The summed E-state index contributed by atoms with van der Waals surface area (Å²) in [7, 11) is 0. The number of fused-ring (bicyclic) bond motifs is 1. The van der Waals surface area contributed by atoms with Gasteiger partial charge in [-0.15, -0.1) is 12.4 Å². The van der Waals surface area contributed by atoms with Crippen LogP contribution >= 0.6 is 12.4 Å². The van der Waals surface area contributed by atoms with Crippen LogP contribution in [0.1, 0.15) is 30.1 Å². The SMILES string of the molecule is CC(CN)CNC(=O)C1CCN(C(=O)c2cccc3ccccc23)CC1.Cl. The molecule has 0 aromatic heterocycles. The summed E-state index contributed by atoms with van der Waals surface area (Å²) >= 11 is 0. The maximum atomic E-state index is 13.0. The summed E-state index contributed by atoms with van der Waals surface area (Å²) in [6, 6.07) is 13.8. The zero-order valence-corrected chi connectivity index (χ0v) is 16.5. The Bertz CT molecular complexity index is 783. The van der Waals surface area contributed by atoms with Gasteiger partial charge in [0.1, 0.15) is 0 Å². The van der Waals surface area contributed by atoms with Crippen molar-refractivity contribution in [2.75, 3.05) is 26.2 Å². The molecule has 146 valence electrons. The number of hydrogen-bond acceptors (Lipinski definition) is 3. The van der Waals surface area contributed by atoms with Gasteiger partial charge in [-0.2, -0.15) is 0 Å². The molecular weight excluding hydrogens is 362 g/mol. The van der Waals surface area contributed by atoms with Gasteiger partial charge in [-0.05, 0) is 42.1 Å². The lowest BCUT2D eigenvalue weighted by Gasteiger charge is -2.32. The van der Waals surface area contributed by atoms with Crippen molar-refractivity contribution in [2.45, 2.75) is 19.8 Å². The molecule has 3 rings (SSSR count). The van der Waals surface area contributed by atoms with Crippen molar-refractivity contribution in [1.82, 2.24) is 10.2 Å². The normalized spacial score (nSPS) is 15.9. The van der Waals surface area contributed by atoms with Crippen molar-refractivity contribution < 1.29 is 9.59 Å². The second-order valence-electron chi connectivity index (χ2n) is 7.18. The van der Waals surface area contributed by atoms with E-state index in [1.54, 1.807) is 0 Å². The van der Waals surface area contributed by atoms with Crippen LogP contribution in [-0.2, 0) is 4.79 Å². The number of hydrogen-bond donors (Lipinski definition) is 2. The lowest BCUT2D eigenvalue weighted by atomic mass is 9.94. The van der Waals surface area contributed by atoms with Gasteiger partial charge < -0.3 is 16.0 Å². The van der Waals surface area contributed by atoms with Crippen molar-refractivity contribution in [3.05, 3.63) is 48.0 Å². The second-order valence-corrected chi connectivity index (χ2v) is 7.18. The fourth-order valence-corrected chi connectivity index (χ4v) is 3.43. The minimum atomic E-state index is -0.0171. The van der Waals surface area contributed by atoms with Gasteiger partial charge >= 0.3 is 0 Å². The maximum Gasteiger partial charge on any atom is 0.254 e. The topological polar surface area (TPSA) is 75.4 Å². The largest absolute Gasteiger partial charge is 0.356 e. The molecule has 1 aliphatic heterocycles. The average molecular weight is 390 g/mol. The van der Waals surface area contributed by atoms with Crippen LogP contribution in [0, 0.1) is 11.8 Å². The van der Waals surface area contributed by atoms with E-state index < -0.39 is 0 Å². The van der Waals surface area contributed by atoms with E-state index in [0.717, 1.165) is 16.3 Å². The number of carbonyl (C=O) groups is 2. The van der Waals surface area contributed by atoms with Crippen LogP contribution in [-0.4, -0.2) is 42.9 Å². The summed E-state index contributed by atoms with van der Waals surface area (Å²) in [6.45, 7) is 4.44. The van der Waals surface area contributed by atoms with E-state index in [1.807, 2.05) is 54.3 Å². The molecule has 0 aliphatic carbocycles. The minimum absolute atomic E-state index is 0. The Hall–Kier alpha value is -2.11. The van der Waals surface area contributed by atoms with Crippen molar-refractivity contribution in [3.8, 4) is 0 Å². The van der Waals surface area contributed by atoms with Crippen molar-refractivity contribution >= 4 is 35.0 Å². The number of benzene rings is 2. The van der Waals surface area contributed by atoms with Crippen LogP contribution in [0.2, 0.25) is 0 Å². The zero-order chi connectivity index (χ0) is 18.5. The predicted molar refractivity (Wildman–Crippen MR) is 111 cm³/mol. The van der Waals surface area contributed by atoms with Gasteiger partial charge in [0.2, 0.25) is 5.91 Å². The second kappa shape index (κ2) is 9.72. The molecule has 1 saturated heterocycles. The van der Waals surface area contributed by atoms with Crippen LogP contribution in [0.5, 0.6) is 0 Å². The highest BCUT2D eigenvalue weighted by molar-refractivity contribution is 6.07. The standard InChI is InChI=1S/C21H27N3O2.ClH/c1-15(13-22)14-23-20(25)17-9-11-24(12-10-17)21(26)19-8-4-6-16-5-2-3-7-18(16)19;/h2-8,15,17H,9-14,22H2,1H3,(H,23,25);1H. The van der Waals surface area contributed by atoms with E-state index in [2.05, 4.69) is 5.32 Å². The van der Waals surface area contributed by atoms with Gasteiger partial charge in [0.05, 0.1) is 0 Å². The van der Waals surface area contributed by atoms with Gasteiger partial charge in [-0.1, -0.05) is 43.3 Å². The number of halogens is 1. The highest BCUT2D eigenvalue weighted by Crippen LogP contribution is 2.23. The molecule has 5 nitrogen and oxygen atoms in total. The summed E-state index contributed by atoms with van der Waals surface area (Å²) in [4.78, 5) is 27.1. The number of likely N-dealkylation sites (tertiary alicyclic amines) is 1. The molecule has 0 saturated carbocycles. The molecule has 1 atom stereocenters. The predicted octanol–water partition coefficient (Wildman–Crippen LogP) is 2.82. The molecule has 1 aliphatic rings. The highest BCUT2D eigenvalue weighted by Gasteiger charge is 2.28. The van der Waals surface area contributed by atoms with Crippen LogP contribution in [0.15, 0.2) is 42.5 Å². The van der Waals surface area contributed by atoms with E-state index >= 15 is 0 Å². The van der Waals surface area contributed by atoms with E-state index in [-0.39, 0.29) is 36.1 Å². The zero-order valence-electron chi connectivity index (χ0n) is 15.7. The van der Waals surface area contributed by atoms with Gasteiger partial charge in [0.25, 0.3) is 5.91 Å². The molecular formula is C21H28ClN3O2. The monoisotopic (exact) mass is 389 g/mol. The highest BCUT2D eigenvalue weighted by atomic mass is 35.5. The molecule has 0 radical (unpaired) electrons. The summed E-state index contributed by atoms with van der Waals surface area (Å²) < 4.78 is 0. The molecule has 1 heterocycles. The van der Waals surface area contributed by atoms with E-state index in [1.165, 1.54) is 0 Å². The van der Waals surface area contributed by atoms with E-state index in [4.69, 9.17) is 5.73 Å². The Morgan fingerprint density at radius 1 is 1.15 bits per heavy atom. The molecule has 0 bridgehead atoms. The first-order valence-electron chi connectivity index (χ1n) is 9.35. The number of carbonyl (C=O) groups excluding carboxylic acids is 2. The third-order valence-corrected chi connectivity index (χ3v) is 5.20. The minimum Gasteiger partial charge on any atom is -0.356 e. The third kappa shape index (κ3) is 4.99. The molecule has 2 aromatic rings. The number of nitrogens with two attached hydrogens (primary N) is 1. The molecule has 1 fully saturated rings. The molecule has 3 N–H and O–H groups in total.